The molecule has 1 aliphatic rings. The van der Waals surface area contributed by atoms with E-state index in [1.807, 2.05) is 42.5 Å². The van der Waals surface area contributed by atoms with Crippen molar-refractivity contribution in [3.63, 3.8) is 0 Å². The monoisotopic (exact) mass is 321 g/mol. The van der Waals surface area contributed by atoms with Crippen molar-refractivity contribution in [3.05, 3.63) is 65.9 Å². The third kappa shape index (κ3) is 3.96. The maximum Gasteiger partial charge on any atom is 0.147 e. The summed E-state index contributed by atoms with van der Waals surface area (Å²) < 4.78 is 5.68. The third-order valence-electron chi connectivity index (χ3n) is 3.93. The van der Waals surface area contributed by atoms with Crippen LogP contribution in [0.3, 0.4) is 0 Å². The molecule has 0 spiro atoms. The topological polar surface area (TPSA) is 59.6 Å². The van der Waals surface area contributed by atoms with Crippen LogP contribution >= 0.6 is 0 Å². The van der Waals surface area contributed by atoms with E-state index in [-0.39, 0.29) is 0 Å². The minimum atomic E-state index is 0.503. The van der Waals surface area contributed by atoms with E-state index in [1.165, 1.54) is 5.56 Å². The molecule has 0 saturated carbocycles. The molecular formula is C20H23N3O. The number of nitrogens with zero attached hydrogens (tertiary/aromatic N) is 1. The Morgan fingerprint density at radius 2 is 1.92 bits per heavy atom. The van der Waals surface area contributed by atoms with E-state index in [2.05, 4.69) is 29.4 Å². The Morgan fingerprint density at radius 3 is 2.71 bits per heavy atom. The highest BCUT2D eigenvalue weighted by atomic mass is 16.5. The predicted octanol–water partition coefficient (Wildman–Crippen LogP) is 4.41. The van der Waals surface area contributed by atoms with Gasteiger partial charge in [0.2, 0.25) is 0 Å². The molecule has 0 saturated heterocycles. The van der Waals surface area contributed by atoms with Gasteiger partial charge in [0.05, 0.1) is 18.0 Å². The number of anilines is 1. The van der Waals surface area contributed by atoms with E-state index >= 15 is 0 Å². The van der Waals surface area contributed by atoms with Crippen LogP contribution in [0.2, 0.25) is 0 Å². The lowest BCUT2D eigenvalue weighted by Gasteiger charge is -2.11. The number of aliphatic imine (C=N–C) groups is 1. The SMILES string of the molecule is CCCCOc1ccc(NC2=CCc3ccccc3N=C2N)cc1. The fourth-order valence-electron chi connectivity index (χ4n) is 2.54. The van der Waals surface area contributed by atoms with Gasteiger partial charge in [-0.05, 0) is 48.7 Å². The maximum atomic E-state index is 6.15. The number of para-hydroxylation sites is 1. The minimum Gasteiger partial charge on any atom is -0.494 e. The molecule has 0 fully saturated rings. The largest absolute Gasteiger partial charge is 0.494 e. The molecule has 0 radical (unpaired) electrons. The molecular weight excluding hydrogens is 298 g/mol. The highest BCUT2D eigenvalue weighted by Crippen LogP contribution is 2.24. The van der Waals surface area contributed by atoms with Crippen LogP contribution in [-0.2, 0) is 6.42 Å². The zero-order valence-electron chi connectivity index (χ0n) is 14.0. The van der Waals surface area contributed by atoms with Gasteiger partial charge < -0.3 is 15.8 Å². The lowest BCUT2D eigenvalue weighted by molar-refractivity contribution is 0.309. The Bertz CT molecular complexity index is 748. The van der Waals surface area contributed by atoms with E-state index < -0.39 is 0 Å². The Hall–Kier alpha value is -2.75. The zero-order chi connectivity index (χ0) is 16.8. The van der Waals surface area contributed by atoms with Crippen molar-refractivity contribution in [1.82, 2.24) is 0 Å². The molecule has 3 N–H and O–H groups in total. The number of nitrogens with one attached hydrogen (secondary N) is 1. The van der Waals surface area contributed by atoms with Crippen LogP contribution in [0.15, 0.2) is 65.3 Å². The van der Waals surface area contributed by atoms with Gasteiger partial charge in [-0.2, -0.15) is 0 Å². The van der Waals surface area contributed by atoms with Crippen LogP contribution in [0.4, 0.5) is 11.4 Å². The first-order chi connectivity index (χ1) is 11.8. The summed E-state index contributed by atoms with van der Waals surface area (Å²) in [4.78, 5) is 4.52. The highest BCUT2D eigenvalue weighted by Gasteiger charge is 2.10. The van der Waals surface area contributed by atoms with Crippen molar-refractivity contribution < 1.29 is 4.74 Å². The van der Waals surface area contributed by atoms with Crippen molar-refractivity contribution in [3.8, 4) is 5.75 Å². The van der Waals surface area contributed by atoms with E-state index in [0.29, 0.717) is 5.84 Å². The summed E-state index contributed by atoms with van der Waals surface area (Å²) in [5, 5.41) is 3.35. The number of rotatable bonds is 6. The first-order valence-corrected chi connectivity index (χ1v) is 8.38. The average Bonchev–Trinajstić information content (AvgIpc) is 2.76. The fourth-order valence-corrected chi connectivity index (χ4v) is 2.54. The van der Waals surface area contributed by atoms with Gasteiger partial charge in [0.1, 0.15) is 11.6 Å². The molecule has 4 nitrogen and oxygen atoms in total. The number of nitrogens with two attached hydrogens (primary N) is 1. The van der Waals surface area contributed by atoms with Crippen LogP contribution in [0.25, 0.3) is 0 Å². The van der Waals surface area contributed by atoms with Crippen molar-refractivity contribution in [1.29, 1.82) is 0 Å². The van der Waals surface area contributed by atoms with Crippen molar-refractivity contribution in [2.45, 2.75) is 26.2 Å². The molecule has 2 aromatic rings. The summed E-state index contributed by atoms with van der Waals surface area (Å²) in [5.74, 6) is 1.39. The normalized spacial score (nSPS) is 13.4. The van der Waals surface area contributed by atoms with Crippen LogP contribution in [-0.4, -0.2) is 12.4 Å². The number of allylic oxidation sites excluding steroid dienone is 1. The molecule has 0 unspecified atom stereocenters. The number of benzene rings is 2. The van der Waals surface area contributed by atoms with Gasteiger partial charge in [-0.1, -0.05) is 37.6 Å². The smallest absolute Gasteiger partial charge is 0.147 e. The summed E-state index contributed by atoms with van der Waals surface area (Å²) >= 11 is 0. The molecule has 124 valence electrons. The number of unbranched alkanes of at least 4 members (excludes halogenated alkanes) is 1. The molecule has 0 atom stereocenters. The van der Waals surface area contributed by atoms with Crippen LogP contribution < -0.4 is 15.8 Å². The molecule has 0 aromatic heterocycles. The predicted molar refractivity (Wildman–Crippen MR) is 100.0 cm³/mol. The Labute approximate surface area is 143 Å². The van der Waals surface area contributed by atoms with Gasteiger partial charge in [0.15, 0.2) is 0 Å². The molecule has 2 aromatic carbocycles. The molecule has 0 bridgehead atoms. The number of ether oxygens (including phenoxy) is 1. The van der Waals surface area contributed by atoms with E-state index in [1.54, 1.807) is 0 Å². The Morgan fingerprint density at radius 1 is 1.12 bits per heavy atom. The molecule has 0 amide bonds. The molecule has 1 aliphatic heterocycles. The van der Waals surface area contributed by atoms with Gasteiger partial charge in [-0.25, -0.2) is 4.99 Å². The molecule has 0 aliphatic carbocycles. The quantitative estimate of drug-likeness (QED) is 0.775. The number of hydrogen-bond donors (Lipinski definition) is 2. The van der Waals surface area contributed by atoms with Crippen LogP contribution in [0.5, 0.6) is 5.75 Å². The van der Waals surface area contributed by atoms with Crippen molar-refractivity contribution >= 4 is 17.2 Å². The molecule has 24 heavy (non-hydrogen) atoms. The van der Waals surface area contributed by atoms with Crippen LogP contribution in [0.1, 0.15) is 25.3 Å². The van der Waals surface area contributed by atoms with Gasteiger partial charge in [0, 0.05) is 5.69 Å². The maximum absolute atomic E-state index is 6.15. The first-order valence-electron chi connectivity index (χ1n) is 8.38. The summed E-state index contributed by atoms with van der Waals surface area (Å²) in [7, 11) is 0. The lowest BCUT2D eigenvalue weighted by Crippen LogP contribution is -2.20. The van der Waals surface area contributed by atoms with Gasteiger partial charge in [-0.15, -0.1) is 0 Å². The summed E-state index contributed by atoms with van der Waals surface area (Å²) in [6.07, 6.45) is 5.09. The molecule has 4 heteroatoms. The standard InChI is InChI=1S/C20H23N3O/c1-2-3-14-24-17-11-9-16(10-12-17)22-19-13-8-15-6-4-5-7-18(15)23-20(19)21/h4-7,9-13,22H,2-3,8,14H2,1H3,(H2,21,23). The summed E-state index contributed by atoms with van der Waals surface area (Å²) in [6.45, 7) is 2.91. The lowest BCUT2D eigenvalue weighted by atomic mass is 10.1. The second kappa shape index (κ2) is 7.68. The number of fused-ring (bicyclic) bond motifs is 1. The minimum absolute atomic E-state index is 0.503. The zero-order valence-corrected chi connectivity index (χ0v) is 14.0. The van der Waals surface area contributed by atoms with Crippen LogP contribution in [0, 0.1) is 0 Å². The molecule has 1 heterocycles. The van der Waals surface area contributed by atoms with E-state index in [4.69, 9.17) is 10.5 Å². The van der Waals surface area contributed by atoms with Crippen molar-refractivity contribution in [2.75, 3.05) is 11.9 Å². The van der Waals surface area contributed by atoms with Gasteiger partial charge in [0.25, 0.3) is 0 Å². The van der Waals surface area contributed by atoms with E-state index in [0.717, 1.165) is 48.7 Å². The fraction of sp³-hybridized carbons (Fsp3) is 0.250. The summed E-state index contributed by atoms with van der Waals surface area (Å²) in [5.41, 5.74) is 10.1. The first kappa shape index (κ1) is 16.1. The van der Waals surface area contributed by atoms with Gasteiger partial charge in [-0.3, -0.25) is 0 Å². The number of hydrogen-bond acceptors (Lipinski definition) is 4. The summed E-state index contributed by atoms with van der Waals surface area (Å²) in [6, 6.07) is 16.0. The third-order valence-corrected chi connectivity index (χ3v) is 3.93. The highest BCUT2D eigenvalue weighted by molar-refractivity contribution is 6.01. The van der Waals surface area contributed by atoms with E-state index in [9.17, 15) is 0 Å². The van der Waals surface area contributed by atoms with Crippen molar-refractivity contribution in [2.24, 2.45) is 10.7 Å². The Kier molecular flexibility index (Phi) is 5.16. The van der Waals surface area contributed by atoms with Gasteiger partial charge >= 0.3 is 0 Å². The second-order valence-electron chi connectivity index (χ2n) is 5.80. The second-order valence-corrected chi connectivity index (χ2v) is 5.80. The average molecular weight is 321 g/mol. The number of amidine groups is 1. The molecule has 3 rings (SSSR count). The Balaban J connectivity index is 1.69.